The van der Waals surface area contributed by atoms with Crippen LogP contribution < -0.4 is 5.32 Å². The summed E-state index contributed by atoms with van der Waals surface area (Å²) in [6, 6.07) is 8.67. The first-order valence-corrected chi connectivity index (χ1v) is 8.95. The van der Waals surface area contributed by atoms with Crippen molar-refractivity contribution in [2.75, 3.05) is 26.2 Å². The predicted octanol–water partition coefficient (Wildman–Crippen LogP) is 3.44. The number of hydrogen-bond acceptors (Lipinski definition) is 2. The van der Waals surface area contributed by atoms with Gasteiger partial charge in [-0.2, -0.15) is 0 Å². The van der Waals surface area contributed by atoms with Crippen LogP contribution in [0.4, 0.5) is 0 Å². The van der Waals surface area contributed by atoms with Crippen molar-refractivity contribution >= 4 is 5.91 Å². The summed E-state index contributed by atoms with van der Waals surface area (Å²) in [5.41, 5.74) is 2.79. The third kappa shape index (κ3) is 4.57. The van der Waals surface area contributed by atoms with Crippen LogP contribution in [0.1, 0.15) is 44.7 Å². The minimum Gasteiger partial charge on any atom is -0.342 e. The van der Waals surface area contributed by atoms with E-state index in [0.717, 1.165) is 26.2 Å². The zero-order valence-electron chi connectivity index (χ0n) is 15.3. The van der Waals surface area contributed by atoms with E-state index >= 15 is 0 Å². The molecule has 128 valence electrons. The lowest BCUT2D eigenvalue weighted by Crippen LogP contribution is -2.41. The van der Waals surface area contributed by atoms with Crippen molar-refractivity contribution in [3.05, 3.63) is 35.4 Å². The highest BCUT2D eigenvalue weighted by Crippen LogP contribution is 2.31. The van der Waals surface area contributed by atoms with E-state index in [-0.39, 0.29) is 11.8 Å². The van der Waals surface area contributed by atoms with Crippen LogP contribution in [0.15, 0.2) is 24.3 Å². The van der Waals surface area contributed by atoms with Crippen LogP contribution in [0.25, 0.3) is 0 Å². The lowest BCUT2D eigenvalue weighted by Gasteiger charge is -2.31. The molecule has 0 aromatic heterocycles. The molecular weight excluding hydrogens is 284 g/mol. The molecule has 1 saturated heterocycles. The van der Waals surface area contributed by atoms with Crippen molar-refractivity contribution in [2.45, 2.75) is 40.5 Å². The Bertz CT molecular complexity index is 524. The molecular formula is C20H32N2O. The van der Waals surface area contributed by atoms with Crippen molar-refractivity contribution in [1.29, 1.82) is 0 Å². The molecule has 0 saturated carbocycles. The summed E-state index contributed by atoms with van der Waals surface area (Å²) in [4.78, 5) is 14.7. The maximum Gasteiger partial charge on any atom is 0.225 e. The molecule has 1 aromatic rings. The Kier molecular flexibility index (Phi) is 6.23. The third-order valence-corrected chi connectivity index (χ3v) is 4.77. The molecule has 1 fully saturated rings. The number of nitrogens with zero attached hydrogens (tertiary/aromatic N) is 1. The Balaban J connectivity index is 2.15. The number of benzene rings is 1. The molecule has 3 nitrogen and oxygen atoms in total. The lowest BCUT2D eigenvalue weighted by molar-refractivity contribution is -0.135. The minimum absolute atomic E-state index is 0.0695. The molecule has 0 bridgehead atoms. The number of amides is 1. The van der Waals surface area contributed by atoms with E-state index in [0.29, 0.717) is 17.8 Å². The normalized spacial score (nSPS) is 21.2. The molecule has 1 aromatic carbocycles. The van der Waals surface area contributed by atoms with E-state index in [1.807, 2.05) is 13.8 Å². The van der Waals surface area contributed by atoms with Gasteiger partial charge >= 0.3 is 0 Å². The van der Waals surface area contributed by atoms with Gasteiger partial charge in [0.2, 0.25) is 5.91 Å². The number of carbonyl (C=O) groups is 1. The molecule has 1 amide bonds. The van der Waals surface area contributed by atoms with Gasteiger partial charge in [-0.15, -0.1) is 0 Å². The second-order valence-electron chi connectivity index (χ2n) is 7.67. The summed E-state index contributed by atoms with van der Waals surface area (Å²) in [6.45, 7) is 14.3. The van der Waals surface area contributed by atoms with E-state index in [9.17, 15) is 4.79 Å². The number of nitrogens with one attached hydrogen (secondary N) is 1. The zero-order chi connectivity index (χ0) is 17.0. The summed E-state index contributed by atoms with van der Waals surface area (Å²) >= 11 is 0. The third-order valence-electron chi connectivity index (χ3n) is 4.77. The fourth-order valence-electron chi connectivity index (χ4n) is 3.64. The van der Waals surface area contributed by atoms with Crippen LogP contribution in [0.2, 0.25) is 0 Å². The Hall–Kier alpha value is -1.35. The van der Waals surface area contributed by atoms with Gasteiger partial charge in [0, 0.05) is 38.0 Å². The SMILES string of the molecule is Cc1ccccc1C1CNCC1CN(CC(C)C)C(=O)C(C)C. The van der Waals surface area contributed by atoms with Gasteiger partial charge in [-0.05, 0) is 29.9 Å². The van der Waals surface area contributed by atoms with E-state index in [1.165, 1.54) is 11.1 Å². The fourth-order valence-corrected chi connectivity index (χ4v) is 3.64. The van der Waals surface area contributed by atoms with Crippen molar-refractivity contribution < 1.29 is 4.79 Å². The molecule has 3 heteroatoms. The largest absolute Gasteiger partial charge is 0.342 e. The first-order valence-electron chi connectivity index (χ1n) is 8.95. The van der Waals surface area contributed by atoms with Crippen LogP contribution in [0, 0.1) is 24.7 Å². The van der Waals surface area contributed by atoms with Crippen LogP contribution in [0.3, 0.4) is 0 Å². The van der Waals surface area contributed by atoms with Gasteiger partial charge in [-0.3, -0.25) is 4.79 Å². The highest BCUT2D eigenvalue weighted by atomic mass is 16.2. The second kappa shape index (κ2) is 7.96. The van der Waals surface area contributed by atoms with Gasteiger partial charge in [-0.1, -0.05) is 52.0 Å². The second-order valence-corrected chi connectivity index (χ2v) is 7.67. The Labute approximate surface area is 141 Å². The fraction of sp³-hybridized carbons (Fsp3) is 0.650. The molecule has 0 radical (unpaired) electrons. The van der Waals surface area contributed by atoms with E-state index in [2.05, 4.69) is 55.3 Å². The van der Waals surface area contributed by atoms with Crippen molar-refractivity contribution in [2.24, 2.45) is 17.8 Å². The highest BCUT2D eigenvalue weighted by Gasteiger charge is 2.32. The Morgan fingerprint density at radius 3 is 2.52 bits per heavy atom. The van der Waals surface area contributed by atoms with Gasteiger partial charge in [0.15, 0.2) is 0 Å². The molecule has 0 aliphatic carbocycles. The topological polar surface area (TPSA) is 32.3 Å². The molecule has 0 spiro atoms. The van der Waals surface area contributed by atoms with Crippen molar-refractivity contribution in [1.82, 2.24) is 10.2 Å². The first kappa shape index (κ1) is 18.0. The number of aryl methyl sites for hydroxylation is 1. The summed E-state index contributed by atoms with van der Waals surface area (Å²) in [5, 5.41) is 3.54. The molecule has 1 aliphatic rings. The Morgan fingerprint density at radius 2 is 1.91 bits per heavy atom. The highest BCUT2D eigenvalue weighted by molar-refractivity contribution is 5.78. The van der Waals surface area contributed by atoms with Gasteiger partial charge in [-0.25, -0.2) is 0 Å². The number of rotatable bonds is 6. The standard InChI is InChI=1S/C20H32N2O/c1-14(2)12-22(20(23)15(3)4)13-17-10-21-11-19(17)18-9-7-6-8-16(18)5/h6-9,14-15,17,19,21H,10-13H2,1-5H3. The molecule has 1 aliphatic heterocycles. The number of hydrogen-bond donors (Lipinski definition) is 1. The van der Waals surface area contributed by atoms with E-state index < -0.39 is 0 Å². The van der Waals surface area contributed by atoms with Crippen LogP contribution in [-0.4, -0.2) is 37.0 Å². The summed E-state index contributed by atoms with van der Waals surface area (Å²) in [6.07, 6.45) is 0. The molecule has 2 atom stereocenters. The van der Waals surface area contributed by atoms with Crippen molar-refractivity contribution in [3.8, 4) is 0 Å². The van der Waals surface area contributed by atoms with Crippen LogP contribution in [-0.2, 0) is 4.79 Å². The van der Waals surface area contributed by atoms with Crippen LogP contribution in [0.5, 0.6) is 0 Å². The average Bonchev–Trinajstić information content (AvgIpc) is 2.93. The minimum atomic E-state index is 0.0695. The van der Waals surface area contributed by atoms with Gasteiger partial charge in [0.25, 0.3) is 0 Å². The summed E-state index contributed by atoms with van der Waals surface area (Å²) in [7, 11) is 0. The predicted molar refractivity (Wildman–Crippen MR) is 96.5 cm³/mol. The summed E-state index contributed by atoms with van der Waals surface area (Å²) < 4.78 is 0. The summed E-state index contributed by atoms with van der Waals surface area (Å²) in [5.74, 6) is 1.86. The maximum atomic E-state index is 12.6. The van der Waals surface area contributed by atoms with Crippen molar-refractivity contribution in [3.63, 3.8) is 0 Å². The average molecular weight is 316 g/mol. The quantitative estimate of drug-likeness (QED) is 0.872. The molecule has 23 heavy (non-hydrogen) atoms. The maximum absolute atomic E-state index is 12.6. The molecule has 1 N–H and O–H groups in total. The van der Waals surface area contributed by atoms with E-state index in [1.54, 1.807) is 0 Å². The molecule has 2 rings (SSSR count). The van der Waals surface area contributed by atoms with Crippen LogP contribution >= 0.6 is 0 Å². The van der Waals surface area contributed by atoms with E-state index in [4.69, 9.17) is 0 Å². The zero-order valence-corrected chi connectivity index (χ0v) is 15.3. The smallest absolute Gasteiger partial charge is 0.225 e. The van der Waals surface area contributed by atoms with Gasteiger partial charge < -0.3 is 10.2 Å². The molecule has 2 unspecified atom stereocenters. The first-order chi connectivity index (χ1) is 10.9. The number of carbonyl (C=O) groups excluding carboxylic acids is 1. The monoisotopic (exact) mass is 316 g/mol. The molecule has 1 heterocycles. The van der Waals surface area contributed by atoms with Gasteiger partial charge in [0.1, 0.15) is 0 Å². The lowest BCUT2D eigenvalue weighted by atomic mass is 9.86. The Morgan fingerprint density at radius 1 is 1.22 bits per heavy atom. The van der Waals surface area contributed by atoms with Gasteiger partial charge in [0.05, 0.1) is 0 Å².